The Labute approximate surface area is 121 Å². The zero-order valence-corrected chi connectivity index (χ0v) is 12.1. The predicted octanol–water partition coefficient (Wildman–Crippen LogP) is 3.55. The number of benzene rings is 2. The van der Waals surface area contributed by atoms with E-state index in [2.05, 4.69) is 0 Å². The van der Waals surface area contributed by atoms with Gasteiger partial charge < -0.3 is 5.73 Å². The Hall–Kier alpha value is -1.23. The first-order valence-electron chi connectivity index (χ1n) is 5.41. The Kier molecular flexibility index (Phi) is 4.04. The number of sulfone groups is 1. The van der Waals surface area contributed by atoms with Gasteiger partial charge in [-0.05, 0) is 29.8 Å². The summed E-state index contributed by atoms with van der Waals surface area (Å²) in [5.41, 5.74) is 6.46. The monoisotopic (exact) mass is 315 g/mol. The van der Waals surface area contributed by atoms with Crippen molar-refractivity contribution >= 4 is 38.7 Å². The van der Waals surface area contributed by atoms with E-state index in [1.165, 1.54) is 18.2 Å². The molecule has 100 valence electrons. The van der Waals surface area contributed by atoms with Crippen molar-refractivity contribution in [2.24, 2.45) is 0 Å². The molecule has 6 heteroatoms. The normalized spacial score (nSPS) is 11.5. The van der Waals surface area contributed by atoms with Crippen LogP contribution in [0.5, 0.6) is 0 Å². The first-order valence-corrected chi connectivity index (χ1v) is 7.82. The second-order valence-electron chi connectivity index (χ2n) is 4.03. The van der Waals surface area contributed by atoms with Crippen LogP contribution in [0.15, 0.2) is 47.4 Å². The van der Waals surface area contributed by atoms with Gasteiger partial charge in [-0.3, -0.25) is 0 Å². The maximum atomic E-state index is 12.3. The molecule has 0 aliphatic rings. The fourth-order valence-corrected chi connectivity index (χ4v) is 3.53. The van der Waals surface area contributed by atoms with Gasteiger partial charge in [-0.15, -0.1) is 0 Å². The maximum Gasteiger partial charge on any atom is 0.182 e. The van der Waals surface area contributed by atoms with E-state index in [0.29, 0.717) is 16.3 Å². The second kappa shape index (κ2) is 5.41. The van der Waals surface area contributed by atoms with Gasteiger partial charge in [0.05, 0.1) is 21.4 Å². The molecule has 0 saturated carbocycles. The number of hydrogen-bond donors (Lipinski definition) is 1. The molecule has 2 aromatic rings. The molecule has 0 amide bonds. The fourth-order valence-electron chi connectivity index (χ4n) is 1.60. The van der Waals surface area contributed by atoms with Crippen LogP contribution in [0.25, 0.3) is 0 Å². The van der Waals surface area contributed by atoms with Crippen molar-refractivity contribution in [2.45, 2.75) is 10.6 Å². The molecule has 2 N–H and O–H groups in total. The number of rotatable bonds is 3. The Morgan fingerprint density at radius 3 is 2.32 bits per heavy atom. The van der Waals surface area contributed by atoms with Crippen molar-refractivity contribution in [1.29, 1.82) is 0 Å². The molecule has 0 spiro atoms. The van der Waals surface area contributed by atoms with Gasteiger partial charge in [-0.2, -0.15) is 0 Å². The smallest absolute Gasteiger partial charge is 0.182 e. The second-order valence-corrected chi connectivity index (χ2v) is 6.84. The van der Waals surface area contributed by atoms with Crippen LogP contribution in [0.2, 0.25) is 10.0 Å². The van der Waals surface area contributed by atoms with Crippen LogP contribution in [0.4, 0.5) is 5.69 Å². The third-order valence-corrected chi connectivity index (χ3v) is 4.99. The summed E-state index contributed by atoms with van der Waals surface area (Å²) < 4.78 is 24.5. The summed E-state index contributed by atoms with van der Waals surface area (Å²) in [5.74, 6) is -0.174. The highest BCUT2D eigenvalue weighted by atomic mass is 35.5. The molecule has 19 heavy (non-hydrogen) atoms. The Bertz CT molecular complexity index is 714. The van der Waals surface area contributed by atoms with Gasteiger partial charge >= 0.3 is 0 Å². The van der Waals surface area contributed by atoms with Gasteiger partial charge in [-0.1, -0.05) is 41.4 Å². The molecule has 2 aromatic carbocycles. The van der Waals surface area contributed by atoms with Crippen molar-refractivity contribution in [3.8, 4) is 0 Å². The highest BCUT2D eigenvalue weighted by Gasteiger charge is 2.17. The van der Waals surface area contributed by atoms with Crippen LogP contribution < -0.4 is 5.73 Å². The minimum Gasteiger partial charge on any atom is -0.398 e. The van der Waals surface area contributed by atoms with E-state index < -0.39 is 9.84 Å². The fraction of sp³-hybridized carbons (Fsp3) is 0.0769. The molecular formula is C13H11Cl2NO2S. The topological polar surface area (TPSA) is 60.2 Å². The van der Waals surface area contributed by atoms with E-state index in [1.807, 2.05) is 0 Å². The van der Waals surface area contributed by atoms with Crippen molar-refractivity contribution in [1.82, 2.24) is 0 Å². The third-order valence-electron chi connectivity index (χ3n) is 2.63. The number of hydrogen-bond acceptors (Lipinski definition) is 3. The molecule has 0 atom stereocenters. The lowest BCUT2D eigenvalue weighted by Gasteiger charge is -2.07. The number of nitrogen functional groups attached to an aromatic ring is 1. The summed E-state index contributed by atoms with van der Waals surface area (Å²) in [7, 11) is -3.50. The molecule has 0 saturated heterocycles. The standard InChI is InChI=1S/C13H11Cl2NO2S/c14-11-4-2-1-3-9(11)8-19(17,18)10-5-6-13(16)12(15)7-10/h1-7H,8,16H2. The zero-order chi connectivity index (χ0) is 14.0. The summed E-state index contributed by atoms with van der Waals surface area (Å²) in [4.78, 5) is 0.131. The van der Waals surface area contributed by atoms with Crippen molar-refractivity contribution in [3.05, 3.63) is 58.1 Å². The summed E-state index contributed by atoms with van der Waals surface area (Å²) in [6.45, 7) is 0. The van der Waals surface area contributed by atoms with Gasteiger partial charge in [0.2, 0.25) is 0 Å². The Balaban J connectivity index is 2.38. The summed E-state index contributed by atoms with van der Waals surface area (Å²) >= 11 is 11.8. The summed E-state index contributed by atoms with van der Waals surface area (Å²) in [6, 6.07) is 11.1. The lowest BCUT2D eigenvalue weighted by Crippen LogP contribution is -2.05. The number of nitrogens with two attached hydrogens (primary N) is 1. The van der Waals surface area contributed by atoms with E-state index >= 15 is 0 Å². The van der Waals surface area contributed by atoms with Crippen LogP contribution in [0.3, 0.4) is 0 Å². The average Bonchev–Trinajstić information content (AvgIpc) is 2.35. The predicted molar refractivity (Wildman–Crippen MR) is 78.2 cm³/mol. The van der Waals surface area contributed by atoms with Gasteiger partial charge in [0.15, 0.2) is 9.84 Å². The van der Waals surface area contributed by atoms with E-state index in [9.17, 15) is 8.42 Å². The van der Waals surface area contributed by atoms with Gasteiger partial charge in [-0.25, -0.2) is 8.42 Å². The summed E-state index contributed by atoms with van der Waals surface area (Å²) in [6.07, 6.45) is 0. The first kappa shape index (κ1) is 14.2. The minimum absolute atomic E-state index is 0.131. The van der Waals surface area contributed by atoms with Crippen LogP contribution in [0.1, 0.15) is 5.56 Å². The Morgan fingerprint density at radius 1 is 1.00 bits per heavy atom. The lowest BCUT2D eigenvalue weighted by atomic mass is 10.2. The van der Waals surface area contributed by atoms with Crippen LogP contribution >= 0.6 is 23.2 Å². The van der Waals surface area contributed by atoms with Crippen LogP contribution in [0, 0.1) is 0 Å². The highest BCUT2D eigenvalue weighted by molar-refractivity contribution is 7.90. The van der Waals surface area contributed by atoms with Gasteiger partial charge in [0.1, 0.15) is 0 Å². The molecular weight excluding hydrogens is 305 g/mol. The molecule has 0 aromatic heterocycles. The van der Waals surface area contributed by atoms with Crippen molar-refractivity contribution in [3.63, 3.8) is 0 Å². The van der Waals surface area contributed by atoms with Gasteiger partial charge in [0.25, 0.3) is 0 Å². The maximum absolute atomic E-state index is 12.3. The van der Waals surface area contributed by atoms with E-state index in [-0.39, 0.29) is 15.7 Å². The molecule has 0 fully saturated rings. The van der Waals surface area contributed by atoms with E-state index in [1.54, 1.807) is 24.3 Å². The molecule has 0 aliphatic carbocycles. The lowest BCUT2D eigenvalue weighted by molar-refractivity contribution is 0.595. The number of anilines is 1. The third kappa shape index (κ3) is 3.21. The quantitative estimate of drug-likeness (QED) is 0.881. The molecule has 0 unspecified atom stereocenters. The largest absolute Gasteiger partial charge is 0.398 e. The molecule has 2 rings (SSSR count). The van der Waals surface area contributed by atoms with Crippen LogP contribution in [-0.4, -0.2) is 8.42 Å². The van der Waals surface area contributed by atoms with Gasteiger partial charge in [0, 0.05) is 5.02 Å². The average molecular weight is 316 g/mol. The van der Waals surface area contributed by atoms with Crippen molar-refractivity contribution < 1.29 is 8.42 Å². The minimum atomic E-state index is -3.50. The first-order chi connectivity index (χ1) is 8.90. The SMILES string of the molecule is Nc1ccc(S(=O)(=O)Cc2ccccc2Cl)cc1Cl. The molecule has 0 radical (unpaired) electrons. The Morgan fingerprint density at radius 2 is 1.68 bits per heavy atom. The number of halogens is 2. The molecule has 3 nitrogen and oxygen atoms in total. The van der Waals surface area contributed by atoms with Crippen molar-refractivity contribution in [2.75, 3.05) is 5.73 Å². The molecule has 0 heterocycles. The highest BCUT2D eigenvalue weighted by Crippen LogP contribution is 2.26. The molecule has 0 aliphatic heterocycles. The summed E-state index contributed by atoms with van der Waals surface area (Å²) in [5, 5.41) is 0.646. The van der Waals surface area contributed by atoms with Crippen LogP contribution in [-0.2, 0) is 15.6 Å². The molecule has 0 bridgehead atoms. The van der Waals surface area contributed by atoms with E-state index in [0.717, 1.165) is 0 Å². The zero-order valence-electron chi connectivity index (χ0n) is 9.81. The van der Waals surface area contributed by atoms with E-state index in [4.69, 9.17) is 28.9 Å².